The first-order chi connectivity index (χ1) is 17.7. The first-order valence-electron chi connectivity index (χ1n) is 12.6. The maximum Gasteiger partial charge on any atom is 0.240 e. The fraction of sp³-hybridized carbons (Fsp3) is 0.444. The molecule has 3 atom stereocenters. The Morgan fingerprint density at radius 3 is 2.64 bits per heavy atom. The van der Waals surface area contributed by atoms with Gasteiger partial charge in [-0.25, -0.2) is 15.4 Å². The summed E-state index contributed by atoms with van der Waals surface area (Å²) in [5.74, 6) is 2.84. The highest BCUT2D eigenvalue weighted by molar-refractivity contribution is 7.16. The van der Waals surface area contributed by atoms with Crippen molar-refractivity contribution in [2.75, 3.05) is 32.2 Å². The average molecular weight is 506 g/mol. The highest BCUT2D eigenvalue weighted by Gasteiger charge is 2.45. The predicted octanol–water partition coefficient (Wildman–Crippen LogP) is 4.35. The summed E-state index contributed by atoms with van der Waals surface area (Å²) >= 11 is 1.64. The van der Waals surface area contributed by atoms with E-state index in [0.717, 1.165) is 60.4 Å². The molecule has 2 saturated heterocycles. The van der Waals surface area contributed by atoms with Gasteiger partial charge >= 0.3 is 0 Å². The molecule has 1 aromatic carbocycles. The largest absolute Gasteiger partial charge is 0.493 e. The SMILES string of the molecule is COc1ccc(C2NN(C3CCN(c4ncnc5sccc45)CC3)C(=O)[C@@H]3CC=CC[C@H]23)cc1OC. The van der Waals surface area contributed by atoms with Gasteiger partial charge in [0.2, 0.25) is 5.91 Å². The van der Waals surface area contributed by atoms with Crippen molar-refractivity contribution < 1.29 is 14.3 Å². The van der Waals surface area contributed by atoms with Gasteiger partial charge in [0.25, 0.3) is 0 Å². The number of benzene rings is 1. The fourth-order valence-electron chi connectivity index (χ4n) is 5.99. The van der Waals surface area contributed by atoms with Crippen LogP contribution in [-0.4, -0.2) is 54.2 Å². The number of rotatable bonds is 5. The molecule has 3 aliphatic rings. The van der Waals surface area contributed by atoms with Crippen molar-refractivity contribution in [3.8, 4) is 11.5 Å². The smallest absolute Gasteiger partial charge is 0.240 e. The molecule has 8 nitrogen and oxygen atoms in total. The van der Waals surface area contributed by atoms with Crippen molar-refractivity contribution in [2.45, 2.75) is 37.8 Å². The first kappa shape index (κ1) is 23.2. The van der Waals surface area contributed by atoms with E-state index < -0.39 is 0 Å². The molecule has 1 unspecified atom stereocenters. The van der Waals surface area contributed by atoms with Gasteiger partial charge in [-0.3, -0.25) is 9.80 Å². The van der Waals surface area contributed by atoms with E-state index in [1.807, 2.05) is 17.1 Å². The van der Waals surface area contributed by atoms with Gasteiger partial charge in [-0.15, -0.1) is 11.3 Å². The third-order valence-electron chi connectivity index (χ3n) is 7.88. The number of carbonyl (C=O) groups excluding carboxylic acids is 1. The number of hydrogen-bond acceptors (Lipinski definition) is 8. The molecule has 9 heteroatoms. The molecular weight excluding hydrogens is 474 g/mol. The van der Waals surface area contributed by atoms with Crippen molar-refractivity contribution in [3.63, 3.8) is 0 Å². The lowest BCUT2D eigenvalue weighted by Crippen LogP contribution is -2.62. The molecule has 188 valence electrons. The number of amides is 1. The van der Waals surface area contributed by atoms with E-state index in [-0.39, 0.29) is 29.8 Å². The number of thiophene rings is 1. The van der Waals surface area contributed by atoms with E-state index in [9.17, 15) is 4.79 Å². The minimum Gasteiger partial charge on any atom is -0.493 e. The molecule has 1 N–H and O–H groups in total. The summed E-state index contributed by atoms with van der Waals surface area (Å²) in [6, 6.07) is 8.36. The van der Waals surface area contributed by atoms with Crippen molar-refractivity contribution in [3.05, 3.63) is 53.7 Å². The topological polar surface area (TPSA) is 79.8 Å². The van der Waals surface area contributed by atoms with Crippen LogP contribution in [0.5, 0.6) is 11.5 Å². The lowest BCUT2D eigenvalue weighted by Gasteiger charge is -2.49. The van der Waals surface area contributed by atoms with Crippen LogP contribution in [0.4, 0.5) is 5.82 Å². The zero-order chi connectivity index (χ0) is 24.6. The summed E-state index contributed by atoms with van der Waals surface area (Å²) in [6.45, 7) is 1.71. The quantitative estimate of drug-likeness (QED) is 0.517. The molecule has 2 aliphatic heterocycles. The van der Waals surface area contributed by atoms with Crippen LogP contribution in [0.2, 0.25) is 0 Å². The molecular formula is C27H31N5O3S. The van der Waals surface area contributed by atoms with Crippen LogP contribution >= 0.6 is 11.3 Å². The van der Waals surface area contributed by atoms with Gasteiger partial charge < -0.3 is 14.4 Å². The molecule has 3 aromatic rings. The number of methoxy groups -OCH3 is 2. The minimum absolute atomic E-state index is 0.0142. The van der Waals surface area contributed by atoms with Gasteiger partial charge in [-0.2, -0.15) is 0 Å². The molecule has 1 aliphatic carbocycles. The van der Waals surface area contributed by atoms with E-state index >= 15 is 0 Å². The van der Waals surface area contributed by atoms with Crippen molar-refractivity contribution in [1.29, 1.82) is 0 Å². The number of allylic oxidation sites excluding steroid dienone is 2. The standard InChI is InChI=1S/C27H31N5O3S/c1-34-22-8-7-17(15-23(22)35-2)24-19-5-3-4-6-20(19)27(33)32(30-24)18-9-12-31(13-10-18)25-21-11-14-36-26(21)29-16-28-25/h3-4,7-8,11,14-16,18-20,24,30H,5-6,9-10,12-13H2,1-2H3/t19-,20+,24?/m0/s1. The van der Waals surface area contributed by atoms with Crippen LogP contribution in [0, 0.1) is 11.8 Å². The molecule has 4 heterocycles. The molecule has 0 saturated carbocycles. The molecule has 1 amide bonds. The summed E-state index contributed by atoms with van der Waals surface area (Å²) in [5, 5.41) is 5.13. The second-order valence-electron chi connectivity index (χ2n) is 9.70. The molecule has 0 bridgehead atoms. The monoisotopic (exact) mass is 505 g/mol. The number of nitrogens with one attached hydrogen (secondary N) is 1. The number of fused-ring (bicyclic) bond motifs is 2. The third kappa shape index (κ3) is 4.00. The van der Waals surface area contributed by atoms with Crippen LogP contribution in [0.3, 0.4) is 0 Å². The van der Waals surface area contributed by atoms with E-state index in [1.165, 1.54) is 0 Å². The zero-order valence-electron chi connectivity index (χ0n) is 20.6. The van der Waals surface area contributed by atoms with Gasteiger partial charge in [-0.05, 0) is 60.7 Å². The molecule has 6 rings (SSSR count). The number of hydrazine groups is 1. The number of piperidine rings is 1. The molecule has 0 spiro atoms. The molecule has 2 aromatic heterocycles. The second-order valence-corrected chi connectivity index (χ2v) is 10.6. The Balaban J connectivity index is 1.24. The Kier molecular flexibility index (Phi) is 6.27. The van der Waals surface area contributed by atoms with Crippen molar-refractivity contribution in [1.82, 2.24) is 20.4 Å². The highest BCUT2D eigenvalue weighted by Crippen LogP contribution is 2.43. The zero-order valence-corrected chi connectivity index (χ0v) is 21.4. The van der Waals surface area contributed by atoms with Gasteiger partial charge in [0.1, 0.15) is 17.0 Å². The van der Waals surface area contributed by atoms with Gasteiger partial charge in [0.05, 0.1) is 31.7 Å². The fourth-order valence-corrected chi connectivity index (χ4v) is 6.72. The first-order valence-corrected chi connectivity index (χ1v) is 13.4. The number of hydrogen-bond donors (Lipinski definition) is 1. The summed E-state index contributed by atoms with van der Waals surface area (Å²) in [7, 11) is 3.31. The van der Waals surface area contributed by atoms with Crippen LogP contribution in [0.25, 0.3) is 10.2 Å². The van der Waals surface area contributed by atoms with Gasteiger partial charge in [-0.1, -0.05) is 18.2 Å². The normalized spacial score (nSPS) is 24.7. The van der Waals surface area contributed by atoms with Crippen LogP contribution in [0.1, 0.15) is 37.3 Å². The predicted molar refractivity (Wildman–Crippen MR) is 140 cm³/mol. The Morgan fingerprint density at radius 2 is 1.83 bits per heavy atom. The Morgan fingerprint density at radius 1 is 1.03 bits per heavy atom. The highest BCUT2D eigenvalue weighted by atomic mass is 32.1. The summed E-state index contributed by atoms with van der Waals surface area (Å²) < 4.78 is 11.0. The Labute approximate surface area is 214 Å². The lowest BCUT2D eigenvalue weighted by atomic mass is 9.74. The maximum absolute atomic E-state index is 13.7. The minimum atomic E-state index is -0.0142. The van der Waals surface area contributed by atoms with E-state index in [4.69, 9.17) is 9.47 Å². The Hall–Kier alpha value is -3.17. The van der Waals surface area contributed by atoms with Crippen LogP contribution in [-0.2, 0) is 4.79 Å². The van der Waals surface area contributed by atoms with E-state index in [0.29, 0.717) is 11.5 Å². The molecule has 0 radical (unpaired) electrons. The number of anilines is 1. The maximum atomic E-state index is 13.7. The molecule has 36 heavy (non-hydrogen) atoms. The summed E-state index contributed by atoms with van der Waals surface area (Å²) in [4.78, 5) is 26.0. The molecule has 2 fully saturated rings. The van der Waals surface area contributed by atoms with Crippen molar-refractivity contribution in [2.24, 2.45) is 11.8 Å². The number of ether oxygens (including phenoxy) is 2. The van der Waals surface area contributed by atoms with E-state index in [1.54, 1.807) is 31.9 Å². The third-order valence-corrected chi connectivity index (χ3v) is 8.70. The number of nitrogens with zero attached hydrogens (tertiary/aromatic N) is 4. The second kappa shape index (κ2) is 9.71. The summed E-state index contributed by atoms with van der Waals surface area (Å²) in [6.07, 6.45) is 9.49. The number of carbonyl (C=O) groups is 1. The lowest BCUT2D eigenvalue weighted by molar-refractivity contribution is -0.153. The average Bonchev–Trinajstić information content (AvgIpc) is 3.42. The summed E-state index contributed by atoms with van der Waals surface area (Å²) in [5.41, 5.74) is 4.79. The number of aromatic nitrogens is 2. The van der Waals surface area contributed by atoms with Gasteiger partial charge in [0, 0.05) is 19.0 Å². The Bertz CT molecular complexity index is 1290. The van der Waals surface area contributed by atoms with Crippen molar-refractivity contribution >= 4 is 33.3 Å². The van der Waals surface area contributed by atoms with E-state index in [2.05, 4.69) is 50.0 Å². The van der Waals surface area contributed by atoms with Crippen LogP contribution in [0.15, 0.2) is 48.1 Å². The van der Waals surface area contributed by atoms with Crippen LogP contribution < -0.4 is 19.8 Å². The van der Waals surface area contributed by atoms with Gasteiger partial charge in [0.15, 0.2) is 11.5 Å².